The molecule has 2 heterocycles. The van der Waals surface area contributed by atoms with Gasteiger partial charge in [0.15, 0.2) is 0 Å². The Morgan fingerprint density at radius 3 is 2.43 bits per heavy atom. The summed E-state index contributed by atoms with van der Waals surface area (Å²) in [7, 11) is 0. The van der Waals surface area contributed by atoms with E-state index in [9.17, 15) is 9.59 Å². The monoisotopic (exact) mass is 404 g/mol. The third kappa shape index (κ3) is 4.44. The standard InChI is InChI=1S/C24H28N4O2/c1-18-8-9-19(2)22(16-18)28-23(29)11-10-21(25-28)24(30)27-14-12-26(13-15-27)17-20-6-4-3-5-7-20/h3-9,16H,10-15,17H2,1-2H3. The number of anilines is 1. The van der Waals surface area contributed by atoms with Crippen LogP contribution >= 0.6 is 0 Å². The van der Waals surface area contributed by atoms with E-state index >= 15 is 0 Å². The van der Waals surface area contributed by atoms with Crippen molar-refractivity contribution in [1.82, 2.24) is 9.80 Å². The van der Waals surface area contributed by atoms with Crippen LogP contribution in [0.5, 0.6) is 0 Å². The largest absolute Gasteiger partial charge is 0.335 e. The van der Waals surface area contributed by atoms with Crippen molar-refractivity contribution < 1.29 is 9.59 Å². The molecule has 1 fully saturated rings. The highest BCUT2D eigenvalue weighted by Gasteiger charge is 2.30. The molecular weight excluding hydrogens is 376 g/mol. The van der Waals surface area contributed by atoms with E-state index in [-0.39, 0.29) is 11.8 Å². The SMILES string of the molecule is Cc1ccc(C)c(N2N=C(C(=O)N3CCN(Cc4ccccc4)CC3)CCC2=O)c1. The average Bonchev–Trinajstić information content (AvgIpc) is 2.77. The second kappa shape index (κ2) is 8.79. The number of nitrogens with zero attached hydrogens (tertiary/aromatic N) is 4. The molecule has 4 rings (SSSR count). The molecule has 2 aromatic rings. The minimum Gasteiger partial charge on any atom is -0.335 e. The molecule has 2 aromatic carbocycles. The summed E-state index contributed by atoms with van der Waals surface area (Å²) in [4.78, 5) is 29.8. The van der Waals surface area contributed by atoms with Crippen molar-refractivity contribution in [3.63, 3.8) is 0 Å². The number of rotatable bonds is 4. The van der Waals surface area contributed by atoms with Crippen molar-refractivity contribution in [2.75, 3.05) is 31.2 Å². The van der Waals surface area contributed by atoms with E-state index in [1.54, 1.807) is 0 Å². The number of carbonyl (C=O) groups is 2. The molecule has 0 spiro atoms. The van der Waals surface area contributed by atoms with Crippen LogP contribution in [0.4, 0.5) is 5.69 Å². The summed E-state index contributed by atoms with van der Waals surface area (Å²) in [6.45, 7) is 7.89. The summed E-state index contributed by atoms with van der Waals surface area (Å²) < 4.78 is 0. The highest BCUT2D eigenvalue weighted by atomic mass is 16.2. The van der Waals surface area contributed by atoms with Crippen molar-refractivity contribution in [3.05, 3.63) is 65.2 Å². The molecule has 0 aromatic heterocycles. The predicted octanol–water partition coefficient (Wildman–Crippen LogP) is 3.13. The second-order valence-electron chi connectivity index (χ2n) is 8.10. The molecular formula is C24H28N4O2. The summed E-state index contributed by atoms with van der Waals surface area (Å²) in [5, 5.41) is 5.91. The average molecular weight is 405 g/mol. The molecule has 0 N–H and O–H groups in total. The first-order valence-corrected chi connectivity index (χ1v) is 10.5. The van der Waals surface area contributed by atoms with Crippen LogP contribution in [0, 0.1) is 13.8 Å². The van der Waals surface area contributed by atoms with E-state index in [0.29, 0.717) is 31.6 Å². The van der Waals surface area contributed by atoms with Crippen molar-refractivity contribution in [2.24, 2.45) is 5.10 Å². The van der Waals surface area contributed by atoms with Crippen LogP contribution in [0.3, 0.4) is 0 Å². The van der Waals surface area contributed by atoms with Gasteiger partial charge < -0.3 is 4.90 Å². The molecule has 30 heavy (non-hydrogen) atoms. The zero-order chi connectivity index (χ0) is 21.1. The number of aryl methyl sites for hydroxylation is 2. The van der Waals surface area contributed by atoms with Crippen molar-refractivity contribution in [1.29, 1.82) is 0 Å². The van der Waals surface area contributed by atoms with Crippen molar-refractivity contribution in [2.45, 2.75) is 33.2 Å². The van der Waals surface area contributed by atoms with Gasteiger partial charge in [0.25, 0.3) is 5.91 Å². The Morgan fingerprint density at radius 2 is 1.70 bits per heavy atom. The minimum absolute atomic E-state index is 0.0443. The molecule has 0 radical (unpaired) electrons. The van der Waals surface area contributed by atoms with Gasteiger partial charge in [0.1, 0.15) is 5.71 Å². The Morgan fingerprint density at radius 1 is 0.967 bits per heavy atom. The molecule has 6 heteroatoms. The highest BCUT2D eigenvalue weighted by Crippen LogP contribution is 2.26. The smallest absolute Gasteiger partial charge is 0.270 e. The van der Waals surface area contributed by atoms with Gasteiger partial charge >= 0.3 is 0 Å². The fourth-order valence-corrected chi connectivity index (χ4v) is 3.98. The lowest BCUT2D eigenvalue weighted by Gasteiger charge is -2.35. The van der Waals surface area contributed by atoms with Gasteiger partial charge in [0.2, 0.25) is 5.91 Å². The Bertz CT molecular complexity index is 962. The van der Waals surface area contributed by atoms with Gasteiger partial charge in [-0.3, -0.25) is 14.5 Å². The Kier molecular flexibility index (Phi) is 5.95. The molecule has 1 saturated heterocycles. The van der Waals surface area contributed by atoms with Crippen LogP contribution in [0.1, 0.15) is 29.5 Å². The zero-order valence-corrected chi connectivity index (χ0v) is 17.7. The maximum absolute atomic E-state index is 13.1. The number of piperazine rings is 1. The summed E-state index contributed by atoms with van der Waals surface area (Å²) in [6, 6.07) is 16.3. The van der Waals surface area contributed by atoms with Gasteiger partial charge in [0.05, 0.1) is 5.69 Å². The molecule has 0 saturated carbocycles. The Labute approximate surface area is 177 Å². The number of hydrogen-bond donors (Lipinski definition) is 0. The van der Waals surface area contributed by atoms with Gasteiger partial charge in [-0.1, -0.05) is 42.5 Å². The number of hydrazone groups is 1. The van der Waals surface area contributed by atoms with Crippen LogP contribution in [0.15, 0.2) is 53.6 Å². The van der Waals surface area contributed by atoms with Gasteiger partial charge in [-0.2, -0.15) is 5.10 Å². The lowest BCUT2D eigenvalue weighted by atomic mass is 10.1. The highest BCUT2D eigenvalue weighted by molar-refractivity contribution is 6.40. The quantitative estimate of drug-likeness (QED) is 0.787. The number of carbonyl (C=O) groups excluding carboxylic acids is 2. The van der Waals surface area contributed by atoms with Crippen LogP contribution in [-0.4, -0.2) is 53.5 Å². The van der Waals surface area contributed by atoms with Gasteiger partial charge in [-0.05, 0) is 36.6 Å². The normalized spacial score (nSPS) is 17.8. The first kappa shape index (κ1) is 20.3. The Hall–Kier alpha value is -2.99. The molecule has 2 aliphatic rings. The molecule has 2 aliphatic heterocycles. The summed E-state index contributed by atoms with van der Waals surface area (Å²) in [5.41, 5.74) is 4.56. The van der Waals surface area contributed by atoms with Gasteiger partial charge in [-0.25, -0.2) is 5.01 Å². The summed E-state index contributed by atoms with van der Waals surface area (Å²) >= 11 is 0. The van der Waals surface area contributed by atoms with E-state index in [0.717, 1.165) is 36.4 Å². The molecule has 0 aliphatic carbocycles. The fraction of sp³-hybridized carbons (Fsp3) is 0.375. The lowest BCUT2D eigenvalue weighted by molar-refractivity contribution is -0.126. The van der Waals surface area contributed by atoms with E-state index in [1.165, 1.54) is 10.6 Å². The molecule has 156 valence electrons. The van der Waals surface area contributed by atoms with E-state index < -0.39 is 0 Å². The maximum atomic E-state index is 13.1. The predicted molar refractivity (Wildman–Crippen MR) is 118 cm³/mol. The third-order valence-corrected chi connectivity index (χ3v) is 5.78. The number of amides is 2. The Balaban J connectivity index is 1.43. The topological polar surface area (TPSA) is 56.2 Å². The zero-order valence-electron chi connectivity index (χ0n) is 17.7. The molecule has 0 bridgehead atoms. The lowest BCUT2D eigenvalue weighted by Crippen LogP contribution is -2.51. The number of hydrogen-bond acceptors (Lipinski definition) is 4. The number of benzene rings is 2. The van der Waals surface area contributed by atoms with Crippen molar-refractivity contribution >= 4 is 23.2 Å². The van der Waals surface area contributed by atoms with E-state index in [2.05, 4.69) is 34.3 Å². The summed E-state index contributed by atoms with van der Waals surface area (Å²) in [6.07, 6.45) is 0.717. The first-order valence-electron chi connectivity index (χ1n) is 10.5. The second-order valence-corrected chi connectivity index (χ2v) is 8.10. The van der Waals surface area contributed by atoms with E-state index in [1.807, 2.05) is 43.0 Å². The summed E-state index contributed by atoms with van der Waals surface area (Å²) in [5.74, 6) is -0.106. The molecule has 0 atom stereocenters. The van der Waals surface area contributed by atoms with Gasteiger partial charge in [0, 0.05) is 45.6 Å². The molecule has 6 nitrogen and oxygen atoms in total. The van der Waals surface area contributed by atoms with Crippen LogP contribution < -0.4 is 5.01 Å². The first-order chi connectivity index (χ1) is 14.5. The molecule has 2 amide bonds. The van der Waals surface area contributed by atoms with Crippen LogP contribution in [0.25, 0.3) is 0 Å². The third-order valence-electron chi connectivity index (χ3n) is 5.78. The van der Waals surface area contributed by atoms with Crippen LogP contribution in [-0.2, 0) is 16.1 Å². The van der Waals surface area contributed by atoms with Gasteiger partial charge in [-0.15, -0.1) is 0 Å². The fourth-order valence-electron chi connectivity index (χ4n) is 3.98. The van der Waals surface area contributed by atoms with E-state index in [4.69, 9.17) is 0 Å². The maximum Gasteiger partial charge on any atom is 0.270 e. The molecule has 0 unspecified atom stereocenters. The van der Waals surface area contributed by atoms with Crippen LogP contribution in [0.2, 0.25) is 0 Å². The minimum atomic E-state index is -0.0621. The van der Waals surface area contributed by atoms with Crippen molar-refractivity contribution in [3.8, 4) is 0 Å².